The number of aryl methyl sites for hydroxylation is 1. The van der Waals surface area contributed by atoms with Gasteiger partial charge in [-0.05, 0) is 6.92 Å². The minimum Gasteiger partial charge on any atom is -0.342 e. The van der Waals surface area contributed by atoms with Crippen LogP contribution in [0.3, 0.4) is 0 Å². The van der Waals surface area contributed by atoms with Gasteiger partial charge in [-0.3, -0.25) is 4.79 Å². The Bertz CT molecular complexity index is 305. The molecule has 0 aromatic carbocycles. The second-order valence-electron chi connectivity index (χ2n) is 3.64. The largest absolute Gasteiger partial charge is 0.342 e. The van der Waals surface area contributed by atoms with Crippen molar-refractivity contribution in [2.45, 2.75) is 25.9 Å². The van der Waals surface area contributed by atoms with E-state index in [0.717, 1.165) is 0 Å². The summed E-state index contributed by atoms with van der Waals surface area (Å²) in [5, 5.41) is 0. The van der Waals surface area contributed by atoms with Gasteiger partial charge in [0.2, 0.25) is 5.91 Å². The van der Waals surface area contributed by atoms with E-state index in [1.165, 1.54) is 0 Å². The number of aromatic nitrogens is 2. The summed E-state index contributed by atoms with van der Waals surface area (Å²) >= 11 is 0. The highest BCUT2D eigenvalue weighted by Crippen LogP contribution is 1.99. The van der Waals surface area contributed by atoms with E-state index in [2.05, 4.69) is 4.98 Å². The summed E-state index contributed by atoms with van der Waals surface area (Å²) in [5.41, 5.74) is 5.49. The van der Waals surface area contributed by atoms with E-state index in [0.29, 0.717) is 19.5 Å². The van der Waals surface area contributed by atoms with Crippen molar-refractivity contribution in [3.05, 3.63) is 18.7 Å². The fraction of sp³-hybridized carbons (Fsp3) is 0.600. The SMILES string of the molecule is CC(CN)N(C)C(=O)CCn1ccnc1.Cl.Cl. The highest BCUT2D eigenvalue weighted by atomic mass is 35.5. The molecular formula is C10H20Cl2N4O. The number of carbonyl (C=O) groups is 1. The zero-order chi connectivity index (χ0) is 11.3. The Morgan fingerprint density at radius 1 is 1.53 bits per heavy atom. The molecule has 0 aliphatic rings. The van der Waals surface area contributed by atoms with Crippen LogP contribution >= 0.6 is 24.8 Å². The minimum absolute atomic E-state index is 0. The third-order valence-corrected chi connectivity index (χ3v) is 2.54. The molecule has 1 rings (SSSR count). The van der Waals surface area contributed by atoms with Gasteiger partial charge in [-0.25, -0.2) is 4.98 Å². The fourth-order valence-electron chi connectivity index (χ4n) is 1.22. The standard InChI is InChI=1S/C10H18N4O.2ClH/c1-9(7-11)13(2)10(15)3-5-14-6-4-12-8-14;;/h4,6,8-9H,3,5,7,11H2,1-2H3;2*1H. The fourth-order valence-corrected chi connectivity index (χ4v) is 1.22. The predicted octanol–water partition coefficient (Wildman–Crippen LogP) is 0.922. The molecule has 1 aromatic rings. The Morgan fingerprint density at radius 2 is 2.18 bits per heavy atom. The van der Waals surface area contributed by atoms with Crippen molar-refractivity contribution >= 4 is 30.7 Å². The van der Waals surface area contributed by atoms with E-state index in [-0.39, 0.29) is 36.8 Å². The molecular weight excluding hydrogens is 263 g/mol. The first-order valence-corrected chi connectivity index (χ1v) is 5.06. The molecule has 1 unspecified atom stereocenters. The summed E-state index contributed by atoms with van der Waals surface area (Å²) in [5.74, 6) is 0.113. The van der Waals surface area contributed by atoms with Crippen molar-refractivity contribution in [3.8, 4) is 0 Å². The van der Waals surface area contributed by atoms with Gasteiger partial charge in [-0.15, -0.1) is 24.8 Å². The van der Waals surface area contributed by atoms with Gasteiger partial charge in [0.15, 0.2) is 0 Å². The lowest BCUT2D eigenvalue weighted by atomic mass is 10.2. The molecule has 2 N–H and O–H groups in total. The molecule has 1 atom stereocenters. The first-order valence-electron chi connectivity index (χ1n) is 5.06. The number of rotatable bonds is 5. The van der Waals surface area contributed by atoms with Gasteiger partial charge in [0.1, 0.15) is 0 Å². The van der Waals surface area contributed by atoms with Crippen molar-refractivity contribution in [2.75, 3.05) is 13.6 Å². The van der Waals surface area contributed by atoms with E-state index in [4.69, 9.17) is 5.73 Å². The van der Waals surface area contributed by atoms with Crippen LogP contribution in [0.2, 0.25) is 0 Å². The van der Waals surface area contributed by atoms with E-state index in [9.17, 15) is 4.79 Å². The smallest absolute Gasteiger partial charge is 0.224 e. The van der Waals surface area contributed by atoms with E-state index >= 15 is 0 Å². The summed E-state index contributed by atoms with van der Waals surface area (Å²) in [6, 6.07) is 0.0975. The lowest BCUT2D eigenvalue weighted by Gasteiger charge is -2.23. The average Bonchev–Trinajstić information content (AvgIpc) is 2.76. The molecule has 1 amide bonds. The summed E-state index contributed by atoms with van der Waals surface area (Å²) in [4.78, 5) is 17.3. The predicted molar refractivity (Wildman–Crippen MR) is 72.6 cm³/mol. The van der Waals surface area contributed by atoms with Crippen molar-refractivity contribution < 1.29 is 4.79 Å². The van der Waals surface area contributed by atoms with Crippen molar-refractivity contribution in [3.63, 3.8) is 0 Å². The molecule has 1 aromatic heterocycles. The van der Waals surface area contributed by atoms with Crippen molar-refractivity contribution in [2.24, 2.45) is 5.73 Å². The Kier molecular flexibility index (Phi) is 10.1. The number of hydrogen-bond donors (Lipinski definition) is 1. The normalized spacial score (nSPS) is 11.0. The van der Waals surface area contributed by atoms with Gasteiger partial charge in [-0.1, -0.05) is 0 Å². The first-order chi connectivity index (χ1) is 7.15. The second kappa shape index (κ2) is 9.27. The second-order valence-corrected chi connectivity index (χ2v) is 3.64. The van der Waals surface area contributed by atoms with Crippen molar-refractivity contribution in [1.82, 2.24) is 14.5 Å². The van der Waals surface area contributed by atoms with Crippen molar-refractivity contribution in [1.29, 1.82) is 0 Å². The van der Waals surface area contributed by atoms with E-state index in [1.807, 2.05) is 17.7 Å². The topological polar surface area (TPSA) is 64.2 Å². The lowest BCUT2D eigenvalue weighted by molar-refractivity contribution is -0.131. The van der Waals surface area contributed by atoms with Gasteiger partial charge < -0.3 is 15.2 Å². The molecule has 0 saturated heterocycles. The van der Waals surface area contributed by atoms with Crippen LogP contribution in [0, 0.1) is 0 Å². The molecule has 0 bridgehead atoms. The maximum absolute atomic E-state index is 11.7. The van der Waals surface area contributed by atoms with E-state index < -0.39 is 0 Å². The minimum atomic E-state index is 0. The molecule has 0 spiro atoms. The summed E-state index contributed by atoms with van der Waals surface area (Å²) in [6.45, 7) is 3.10. The molecule has 1 heterocycles. The number of nitrogens with zero attached hydrogens (tertiary/aromatic N) is 3. The molecule has 0 aliphatic carbocycles. The average molecular weight is 283 g/mol. The number of hydrogen-bond acceptors (Lipinski definition) is 3. The van der Waals surface area contributed by atoms with Crippen LogP contribution in [-0.4, -0.2) is 40.0 Å². The van der Waals surface area contributed by atoms with Gasteiger partial charge in [0, 0.05) is 45.0 Å². The molecule has 100 valence electrons. The van der Waals surface area contributed by atoms with Crippen LogP contribution in [0.1, 0.15) is 13.3 Å². The number of halogens is 2. The Balaban J connectivity index is 0. The number of carbonyl (C=O) groups excluding carboxylic acids is 1. The highest BCUT2D eigenvalue weighted by Gasteiger charge is 2.13. The maximum Gasteiger partial charge on any atom is 0.224 e. The summed E-state index contributed by atoms with van der Waals surface area (Å²) < 4.78 is 1.89. The maximum atomic E-state index is 11.7. The quantitative estimate of drug-likeness (QED) is 0.874. The third-order valence-electron chi connectivity index (χ3n) is 2.54. The summed E-state index contributed by atoms with van der Waals surface area (Å²) in [7, 11) is 1.79. The zero-order valence-electron chi connectivity index (χ0n) is 10.1. The van der Waals surface area contributed by atoms with Gasteiger partial charge in [0.25, 0.3) is 0 Å². The van der Waals surface area contributed by atoms with Gasteiger partial charge in [0.05, 0.1) is 6.33 Å². The van der Waals surface area contributed by atoms with E-state index in [1.54, 1.807) is 24.5 Å². The molecule has 0 saturated carbocycles. The van der Waals surface area contributed by atoms with Crippen LogP contribution in [-0.2, 0) is 11.3 Å². The van der Waals surface area contributed by atoms with Crippen LogP contribution in [0.4, 0.5) is 0 Å². The third kappa shape index (κ3) is 5.91. The Labute approximate surface area is 114 Å². The molecule has 17 heavy (non-hydrogen) atoms. The first kappa shape index (κ1) is 18.6. The number of nitrogens with two attached hydrogens (primary N) is 1. The zero-order valence-corrected chi connectivity index (χ0v) is 11.7. The lowest BCUT2D eigenvalue weighted by Crippen LogP contribution is -2.39. The monoisotopic (exact) mass is 282 g/mol. The number of imidazole rings is 1. The van der Waals surface area contributed by atoms with Gasteiger partial charge >= 0.3 is 0 Å². The Morgan fingerprint density at radius 3 is 2.65 bits per heavy atom. The molecule has 0 fully saturated rings. The molecule has 5 nitrogen and oxygen atoms in total. The van der Waals surface area contributed by atoms with Crippen LogP contribution < -0.4 is 5.73 Å². The highest BCUT2D eigenvalue weighted by molar-refractivity contribution is 5.85. The van der Waals surface area contributed by atoms with Crippen LogP contribution in [0.15, 0.2) is 18.7 Å². The number of likely N-dealkylation sites (N-methyl/N-ethyl adjacent to an activating group) is 1. The summed E-state index contributed by atoms with van der Waals surface area (Å²) in [6.07, 6.45) is 5.74. The molecule has 0 aliphatic heterocycles. The molecule has 0 radical (unpaired) electrons. The van der Waals surface area contributed by atoms with Crippen LogP contribution in [0.5, 0.6) is 0 Å². The molecule has 7 heteroatoms. The van der Waals surface area contributed by atoms with Crippen LogP contribution in [0.25, 0.3) is 0 Å². The Hall–Kier alpha value is -0.780. The van der Waals surface area contributed by atoms with Gasteiger partial charge in [-0.2, -0.15) is 0 Å². The number of amides is 1.